The van der Waals surface area contributed by atoms with Gasteiger partial charge in [-0.25, -0.2) is 0 Å². The summed E-state index contributed by atoms with van der Waals surface area (Å²) in [6, 6.07) is 0. The fraction of sp³-hybridized carbons (Fsp3) is 0.931. The van der Waals surface area contributed by atoms with Crippen molar-refractivity contribution >= 4 is 11.9 Å². The van der Waals surface area contributed by atoms with E-state index in [0.717, 1.165) is 50.9 Å². The molecule has 2 atom stereocenters. The molecule has 0 saturated heterocycles. The second-order valence-corrected chi connectivity index (χ2v) is 10.7. The third kappa shape index (κ3) is 16.2. The van der Waals surface area contributed by atoms with E-state index in [2.05, 4.69) is 20.8 Å². The Morgan fingerprint density at radius 2 is 1.09 bits per heavy atom. The van der Waals surface area contributed by atoms with Crippen LogP contribution >= 0.6 is 0 Å². The molecular formula is C29H54O4. The van der Waals surface area contributed by atoms with Crippen molar-refractivity contribution in [3.8, 4) is 0 Å². The average molecular weight is 467 g/mol. The molecule has 2 unspecified atom stereocenters. The van der Waals surface area contributed by atoms with Crippen molar-refractivity contribution in [2.24, 2.45) is 17.8 Å². The Balaban J connectivity index is 2.04. The van der Waals surface area contributed by atoms with Crippen LogP contribution in [0.5, 0.6) is 0 Å². The summed E-state index contributed by atoms with van der Waals surface area (Å²) in [7, 11) is 0. The Labute approximate surface area is 205 Å². The Morgan fingerprint density at radius 1 is 0.667 bits per heavy atom. The first kappa shape index (κ1) is 30.0. The molecule has 0 spiro atoms. The van der Waals surface area contributed by atoms with E-state index >= 15 is 0 Å². The molecule has 1 fully saturated rings. The van der Waals surface area contributed by atoms with Crippen molar-refractivity contribution in [3.63, 3.8) is 0 Å². The van der Waals surface area contributed by atoms with Gasteiger partial charge in [0.25, 0.3) is 0 Å². The van der Waals surface area contributed by atoms with Crippen LogP contribution in [0.2, 0.25) is 0 Å². The number of hydrogen-bond acceptors (Lipinski definition) is 4. The summed E-state index contributed by atoms with van der Waals surface area (Å²) in [4.78, 5) is 24.9. The van der Waals surface area contributed by atoms with E-state index in [1.54, 1.807) is 0 Å². The standard InChI is InChI=1S/C29H54O4/c1-4-5-6-7-10-13-16-22-32-28(30)26-20-18-21-27(24-26)29(31)33-23-17-14-11-8-9-12-15-19-25(2)3/h25-27H,4-24H2,1-3H3. The molecule has 4 nitrogen and oxygen atoms in total. The summed E-state index contributed by atoms with van der Waals surface area (Å²) in [6.07, 6.45) is 21.7. The first-order valence-corrected chi connectivity index (χ1v) is 14.4. The molecule has 0 radical (unpaired) electrons. The van der Waals surface area contributed by atoms with E-state index < -0.39 is 0 Å². The summed E-state index contributed by atoms with van der Waals surface area (Å²) in [5.74, 6) is 0.354. The van der Waals surface area contributed by atoms with E-state index in [1.165, 1.54) is 70.6 Å². The summed E-state index contributed by atoms with van der Waals surface area (Å²) in [5.41, 5.74) is 0. The third-order valence-electron chi connectivity index (χ3n) is 7.00. The average Bonchev–Trinajstić information content (AvgIpc) is 2.81. The molecule has 1 aliphatic rings. The van der Waals surface area contributed by atoms with Crippen LogP contribution in [-0.2, 0) is 19.1 Å². The van der Waals surface area contributed by atoms with Gasteiger partial charge in [0.15, 0.2) is 0 Å². The van der Waals surface area contributed by atoms with Crippen molar-refractivity contribution in [2.45, 2.75) is 143 Å². The van der Waals surface area contributed by atoms with Gasteiger partial charge < -0.3 is 9.47 Å². The molecule has 1 rings (SSSR count). The summed E-state index contributed by atoms with van der Waals surface area (Å²) in [6.45, 7) is 7.86. The van der Waals surface area contributed by atoms with Gasteiger partial charge in [0.2, 0.25) is 0 Å². The highest BCUT2D eigenvalue weighted by Gasteiger charge is 2.32. The second-order valence-electron chi connectivity index (χ2n) is 10.7. The van der Waals surface area contributed by atoms with E-state index in [-0.39, 0.29) is 23.8 Å². The van der Waals surface area contributed by atoms with Crippen LogP contribution in [0, 0.1) is 17.8 Å². The minimum absolute atomic E-state index is 0.103. The van der Waals surface area contributed by atoms with Gasteiger partial charge in [-0.15, -0.1) is 0 Å². The maximum absolute atomic E-state index is 12.5. The van der Waals surface area contributed by atoms with Crippen molar-refractivity contribution in [2.75, 3.05) is 13.2 Å². The van der Waals surface area contributed by atoms with E-state index in [1.807, 2.05) is 0 Å². The maximum atomic E-state index is 12.5. The molecule has 0 bridgehead atoms. The van der Waals surface area contributed by atoms with Gasteiger partial charge in [0.1, 0.15) is 0 Å². The van der Waals surface area contributed by atoms with Gasteiger partial charge in [-0.1, -0.05) is 111 Å². The summed E-state index contributed by atoms with van der Waals surface area (Å²) in [5, 5.41) is 0. The molecule has 0 aromatic carbocycles. The van der Waals surface area contributed by atoms with E-state index in [4.69, 9.17) is 9.47 Å². The largest absolute Gasteiger partial charge is 0.465 e. The molecule has 0 N–H and O–H groups in total. The lowest BCUT2D eigenvalue weighted by Gasteiger charge is -2.26. The predicted octanol–water partition coefficient (Wildman–Crippen LogP) is 8.41. The molecule has 1 aliphatic carbocycles. The zero-order chi connectivity index (χ0) is 24.2. The molecule has 0 amide bonds. The number of rotatable bonds is 20. The highest BCUT2D eigenvalue weighted by molar-refractivity contribution is 5.76. The van der Waals surface area contributed by atoms with Crippen molar-refractivity contribution in [1.82, 2.24) is 0 Å². The van der Waals surface area contributed by atoms with Gasteiger partial charge in [0, 0.05) is 0 Å². The third-order valence-corrected chi connectivity index (χ3v) is 7.00. The minimum Gasteiger partial charge on any atom is -0.465 e. The zero-order valence-electron chi connectivity index (χ0n) is 22.2. The number of carbonyl (C=O) groups is 2. The van der Waals surface area contributed by atoms with Gasteiger partial charge in [-0.2, -0.15) is 0 Å². The van der Waals surface area contributed by atoms with Crippen LogP contribution in [-0.4, -0.2) is 25.2 Å². The number of unbranched alkanes of at least 4 members (excludes halogenated alkanes) is 12. The van der Waals surface area contributed by atoms with Crippen LogP contribution in [0.3, 0.4) is 0 Å². The molecule has 0 aliphatic heterocycles. The van der Waals surface area contributed by atoms with Gasteiger partial charge in [-0.05, 0) is 38.0 Å². The molecular weight excluding hydrogens is 412 g/mol. The van der Waals surface area contributed by atoms with Gasteiger partial charge in [-0.3, -0.25) is 9.59 Å². The van der Waals surface area contributed by atoms with E-state index in [9.17, 15) is 9.59 Å². The molecule has 0 heterocycles. The number of esters is 2. The Bertz CT molecular complexity index is 488. The lowest BCUT2D eigenvalue weighted by atomic mass is 9.81. The van der Waals surface area contributed by atoms with Crippen LogP contribution in [0.25, 0.3) is 0 Å². The molecule has 0 aromatic rings. The van der Waals surface area contributed by atoms with Crippen LogP contribution in [0.4, 0.5) is 0 Å². The Morgan fingerprint density at radius 3 is 1.55 bits per heavy atom. The lowest BCUT2D eigenvalue weighted by molar-refractivity contribution is -0.155. The highest BCUT2D eigenvalue weighted by atomic mass is 16.5. The fourth-order valence-corrected chi connectivity index (χ4v) is 4.80. The fourth-order valence-electron chi connectivity index (χ4n) is 4.80. The van der Waals surface area contributed by atoms with Gasteiger partial charge >= 0.3 is 11.9 Å². The first-order valence-electron chi connectivity index (χ1n) is 14.4. The van der Waals surface area contributed by atoms with Crippen LogP contribution in [0.15, 0.2) is 0 Å². The normalized spacial score (nSPS) is 18.4. The smallest absolute Gasteiger partial charge is 0.308 e. The number of hydrogen-bond donors (Lipinski definition) is 0. The first-order chi connectivity index (χ1) is 16.0. The zero-order valence-corrected chi connectivity index (χ0v) is 22.2. The molecule has 1 saturated carbocycles. The summed E-state index contributed by atoms with van der Waals surface area (Å²) < 4.78 is 11.1. The monoisotopic (exact) mass is 466 g/mol. The van der Waals surface area contributed by atoms with Crippen molar-refractivity contribution in [3.05, 3.63) is 0 Å². The van der Waals surface area contributed by atoms with Gasteiger partial charge in [0.05, 0.1) is 25.0 Å². The Hall–Kier alpha value is -1.06. The highest BCUT2D eigenvalue weighted by Crippen LogP contribution is 2.31. The molecule has 194 valence electrons. The lowest BCUT2D eigenvalue weighted by Crippen LogP contribution is -2.30. The SMILES string of the molecule is CCCCCCCCCOC(=O)C1CCCC(C(=O)OCCCCCCCCCC(C)C)C1. The maximum Gasteiger partial charge on any atom is 0.308 e. The Kier molecular flexibility index (Phi) is 18.5. The minimum atomic E-state index is -0.129. The molecule has 33 heavy (non-hydrogen) atoms. The predicted molar refractivity (Wildman–Crippen MR) is 137 cm³/mol. The van der Waals surface area contributed by atoms with Crippen LogP contribution in [0.1, 0.15) is 143 Å². The van der Waals surface area contributed by atoms with Crippen LogP contribution < -0.4 is 0 Å². The van der Waals surface area contributed by atoms with Crippen molar-refractivity contribution in [1.29, 1.82) is 0 Å². The topological polar surface area (TPSA) is 52.6 Å². The number of ether oxygens (including phenoxy) is 2. The molecule has 0 aromatic heterocycles. The quantitative estimate of drug-likeness (QED) is 0.133. The number of carbonyl (C=O) groups excluding carboxylic acids is 2. The van der Waals surface area contributed by atoms with Crippen molar-refractivity contribution < 1.29 is 19.1 Å². The molecule has 4 heteroatoms. The second kappa shape index (κ2) is 20.3. The summed E-state index contributed by atoms with van der Waals surface area (Å²) >= 11 is 0. The van der Waals surface area contributed by atoms with E-state index in [0.29, 0.717) is 19.6 Å².